The van der Waals surface area contributed by atoms with Crippen LogP contribution in [-0.4, -0.2) is 47.1 Å². The van der Waals surface area contributed by atoms with Crippen molar-refractivity contribution in [3.8, 4) is 17.1 Å². The van der Waals surface area contributed by atoms with Gasteiger partial charge in [0.25, 0.3) is 0 Å². The van der Waals surface area contributed by atoms with Crippen LogP contribution in [0.2, 0.25) is 0 Å². The number of nitrogens with one attached hydrogen (secondary N) is 2. The Kier molecular flexibility index (Phi) is 5.23. The minimum atomic E-state index is -3.58. The number of aromatic amines is 1. The molecule has 3 rings (SSSR count). The van der Waals surface area contributed by atoms with E-state index in [1.165, 1.54) is 13.8 Å². The third-order valence-corrected chi connectivity index (χ3v) is 7.73. The number of aromatic nitrogens is 3. The molecule has 9 heteroatoms. The van der Waals surface area contributed by atoms with E-state index in [0.29, 0.717) is 11.6 Å². The standard InChI is InChI=1S/C18H24N4O4S/c1-18(2,27(24,25)11-12-5-4-6-12)16(23)20-17-19-15(21-22-17)13-7-9-14(26-3)10-8-13/h7-10,12H,4-6,11H2,1-3H3,(H2,19,20,21,22,23). The zero-order chi connectivity index (χ0) is 19.7. The fourth-order valence-electron chi connectivity index (χ4n) is 2.77. The third kappa shape index (κ3) is 3.97. The zero-order valence-corrected chi connectivity index (χ0v) is 16.5. The molecule has 1 aliphatic carbocycles. The molecule has 0 radical (unpaired) electrons. The molecule has 1 aromatic carbocycles. The number of carbonyl (C=O) groups is 1. The highest BCUT2D eigenvalue weighted by Gasteiger charge is 2.43. The van der Waals surface area contributed by atoms with Gasteiger partial charge >= 0.3 is 0 Å². The van der Waals surface area contributed by atoms with Gasteiger partial charge in [0.2, 0.25) is 11.9 Å². The van der Waals surface area contributed by atoms with Crippen LogP contribution in [0.5, 0.6) is 5.75 Å². The van der Waals surface area contributed by atoms with E-state index in [9.17, 15) is 13.2 Å². The van der Waals surface area contributed by atoms with Gasteiger partial charge in [-0.25, -0.2) is 8.42 Å². The fraction of sp³-hybridized carbons (Fsp3) is 0.500. The summed E-state index contributed by atoms with van der Waals surface area (Å²) in [5.74, 6) is 0.777. The molecule has 0 saturated heterocycles. The van der Waals surface area contributed by atoms with Gasteiger partial charge in [-0.3, -0.25) is 15.2 Å². The third-order valence-electron chi connectivity index (χ3n) is 5.08. The fourth-order valence-corrected chi connectivity index (χ4v) is 4.47. The summed E-state index contributed by atoms with van der Waals surface area (Å²) < 4.78 is 28.9. The number of hydrogen-bond acceptors (Lipinski definition) is 6. The Morgan fingerprint density at radius 2 is 1.96 bits per heavy atom. The van der Waals surface area contributed by atoms with Gasteiger partial charge in [0.05, 0.1) is 12.9 Å². The molecule has 146 valence electrons. The molecule has 2 N–H and O–H groups in total. The molecule has 0 bridgehead atoms. The predicted molar refractivity (Wildman–Crippen MR) is 102 cm³/mol. The Hall–Kier alpha value is -2.42. The average molecular weight is 392 g/mol. The maximum Gasteiger partial charge on any atom is 0.249 e. The van der Waals surface area contributed by atoms with Crippen LogP contribution in [0.25, 0.3) is 11.4 Å². The molecule has 1 amide bonds. The molecular weight excluding hydrogens is 368 g/mol. The Morgan fingerprint density at radius 3 is 2.52 bits per heavy atom. The maximum absolute atomic E-state index is 12.7. The van der Waals surface area contributed by atoms with Gasteiger partial charge in [-0.2, -0.15) is 4.98 Å². The lowest BCUT2D eigenvalue weighted by atomic mass is 9.87. The van der Waals surface area contributed by atoms with Gasteiger partial charge in [0, 0.05) is 5.56 Å². The summed E-state index contributed by atoms with van der Waals surface area (Å²) in [6, 6.07) is 7.18. The van der Waals surface area contributed by atoms with Gasteiger partial charge in [-0.15, -0.1) is 5.10 Å². The van der Waals surface area contributed by atoms with Crippen LogP contribution in [0.3, 0.4) is 0 Å². The van der Waals surface area contributed by atoms with E-state index in [2.05, 4.69) is 20.5 Å². The number of rotatable bonds is 7. The van der Waals surface area contributed by atoms with Crippen LogP contribution in [0, 0.1) is 5.92 Å². The number of ether oxygens (including phenoxy) is 1. The van der Waals surface area contributed by atoms with E-state index < -0.39 is 20.5 Å². The van der Waals surface area contributed by atoms with Crippen LogP contribution in [0.1, 0.15) is 33.1 Å². The molecule has 1 aliphatic rings. The highest BCUT2D eigenvalue weighted by molar-refractivity contribution is 7.93. The molecule has 8 nitrogen and oxygen atoms in total. The SMILES string of the molecule is COc1ccc(-c2nc(NC(=O)C(C)(C)S(=O)(=O)CC3CCC3)n[nH]2)cc1. The average Bonchev–Trinajstić information content (AvgIpc) is 3.06. The van der Waals surface area contributed by atoms with E-state index in [-0.39, 0.29) is 17.6 Å². The smallest absolute Gasteiger partial charge is 0.249 e. The summed E-state index contributed by atoms with van der Waals surface area (Å²) >= 11 is 0. The normalized spacial score (nSPS) is 15.2. The molecule has 0 spiro atoms. The van der Waals surface area contributed by atoms with Crippen molar-refractivity contribution in [2.45, 2.75) is 37.9 Å². The molecule has 1 heterocycles. The number of amides is 1. The Morgan fingerprint density at radius 1 is 1.30 bits per heavy atom. The lowest BCUT2D eigenvalue weighted by Gasteiger charge is -2.30. The quantitative estimate of drug-likeness (QED) is 0.748. The molecule has 1 saturated carbocycles. The summed E-state index contributed by atoms with van der Waals surface area (Å²) in [6.45, 7) is 2.85. The van der Waals surface area contributed by atoms with Crippen LogP contribution in [0.4, 0.5) is 5.95 Å². The van der Waals surface area contributed by atoms with Crippen molar-refractivity contribution in [1.82, 2.24) is 15.2 Å². The van der Waals surface area contributed by atoms with Crippen LogP contribution in [0.15, 0.2) is 24.3 Å². The second-order valence-electron chi connectivity index (χ2n) is 7.28. The van der Waals surface area contributed by atoms with Crippen molar-refractivity contribution in [2.24, 2.45) is 5.92 Å². The van der Waals surface area contributed by atoms with E-state index in [0.717, 1.165) is 24.8 Å². The molecule has 1 aromatic heterocycles. The summed E-state index contributed by atoms with van der Waals surface area (Å²) in [7, 11) is -2.00. The zero-order valence-electron chi connectivity index (χ0n) is 15.7. The molecule has 1 fully saturated rings. The van der Waals surface area contributed by atoms with Crippen molar-refractivity contribution in [2.75, 3.05) is 18.2 Å². The molecule has 0 unspecified atom stereocenters. The highest BCUT2D eigenvalue weighted by Crippen LogP contribution is 2.31. The Labute approximate surface area is 158 Å². The van der Waals surface area contributed by atoms with E-state index in [1.807, 2.05) is 0 Å². The summed E-state index contributed by atoms with van der Waals surface area (Å²) in [5, 5.41) is 9.22. The van der Waals surface area contributed by atoms with E-state index >= 15 is 0 Å². The van der Waals surface area contributed by atoms with Gasteiger partial charge in [0.1, 0.15) is 10.5 Å². The molecule has 0 atom stereocenters. The first-order valence-corrected chi connectivity index (χ1v) is 10.5. The van der Waals surface area contributed by atoms with Gasteiger partial charge in [-0.05, 0) is 56.9 Å². The lowest BCUT2D eigenvalue weighted by molar-refractivity contribution is -0.117. The molecule has 2 aromatic rings. The van der Waals surface area contributed by atoms with E-state index in [4.69, 9.17) is 4.74 Å². The topological polar surface area (TPSA) is 114 Å². The predicted octanol–water partition coefficient (Wildman–Crippen LogP) is 2.41. The number of nitrogens with zero attached hydrogens (tertiary/aromatic N) is 2. The monoisotopic (exact) mass is 392 g/mol. The number of carbonyl (C=O) groups excluding carboxylic acids is 1. The van der Waals surface area contributed by atoms with Crippen molar-refractivity contribution in [3.05, 3.63) is 24.3 Å². The van der Waals surface area contributed by atoms with Gasteiger partial charge < -0.3 is 4.74 Å². The second-order valence-corrected chi connectivity index (χ2v) is 9.86. The maximum atomic E-state index is 12.7. The lowest BCUT2D eigenvalue weighted by Crippen LogP contribution is -2.47. The van der Waals surface area contributed by atoms with Crippen molar-refractivity contribution < 1.29 is 17.9 Å². The van der Waals surface area contributed by atoms with Gasteiger partial charge in [-0.1, -0.05) is 6.42 Å². The number of benzene rings is 1. The van der Waals surface area contributed by atoms with Crippen LogP contribution in [-0.2, 0) is 14.6 Å². The Bertz CT molecular complexity index is 915. The number of hydrogen-bond donors (Lipinski definition) is 2. The number of H-pyrrole nitrogens is 1. The van der Waals surface area contributed by atoms with Gasteiger partial charge in [0.15, 0.2) is 15.7 Å². The highest BCUT2D eigenvalue weighted by atomic mass is 32.2. The first kappa shape index (κ1) is 19.3. The minimum Gasteiger partial charge on any atom is -0.497 e. The number of sulfone groups is 1. The van der Waals surface area contributed by atoms with Crippen LogP contribution >= 0.6 is 0 Å². The van der Waals surface area contributed by atoms with E-state index in [1.54, 1.807) is 31.4 Å². The van der Waals surface area contributed by atoms with Crippen molar-refractivity contribution in [1.29, 1.82) is 0 Å². The number of anilines is 1. The molecular formula is C18H24N4O4S. The largest absolute Gasteiger partial charge is 0.497 e. The molecule has 27 heavy (non-hydrogen) atoms. The molecule has 0 aliphatic heterocycles. The minimum absolute atomic E-state index is 0.0396. The second kappa shape index (κ2) is 7.30. The van der Waals surface area contributed by atoms with Crippen molar-refractivity contribution in [3.63, 3.8) is 0 Å². The summed E-state index contributed by atoms with van der Waals surface area (Å²) in [5.41, 5.74) is 0.765. The summed E-state index contributed by atoms with van der Waals surface area (Å²) in [4.78, 5) is 16.8. The first-order chi connectivity index (χ1) is 12.7. The first-order valence-electron chi connectivity index (χ1n) is 8.83. The van der Waals surface area contributed by atoms with Crippen LogP contribution < -0.4 is 10.1 Å². The summed E-state index contributed by atoms with van der Waals surface area (Å²) in [6.07, 6.45) is 2.87. The number of methoxy groups -OCH3 is 1. The Balaban J connectivity index is 1.70. The van der Waals surface area contributed by atoms with Crippen molar-refractivity contribution >= 4 is 21.7 Å².